The summed E-state index contributed by atoms with van der Waals surface area (Å²) in [5, 5.41) is 3.78. The summed E-state index contributed by atoms with van der Waals surface area (Å²) in [7, 11) is -3.82. The first-order valence-corrected chi connectivity index (χ1v) is 16.7. The van der Waals surface area contributed by atoms with E-state index in [0.717, 1.165) is 64.9 Å². The second-order valence-corrected chi connectivity index (χ2v) is 13.5. The van der Waals surface area contributed by atoms with Crippen molar-refractivity contribution in [1.29, 1.82) is 0 Å². The number of aryl methyl sites for hydroxylation is 1. The van der Waals surface area contributed by atoms with Crippen LogP contribution in [0.5, 0.6) is 0 Å². The van der Waals surface area contributed by atoms with Crippen LogP contribution in [-0.2, 0) is 32.6 Å². The maximum absolute atomic E-state index is 14.3. The lowest BCUT2D eigenvalue weighted by molar-refractivity contribution is -0.140. The molecular formula is C33H40ClN3O4S. The zero-order valence-electron chi connectivity index (χ0n) is 24.6. The van der Waals surface area contributed by atoms with E-state index in [1.54, 1.807) is 24.3 Å². The smallest absolute Gasteiger partial charge is 0.244 e. The van der Waals surface area contributed by atoms with E-state index >= 15 is 0 Å². The van der Waals surface area contributed by atoms with E-state index in [-0.39, 0.29) is 18.5 Å². The Morgan fingerprint density at radius 2 is 1.57 bits per heavy atom. The average molecular weight is 610 g/mol. The first-order chi connectivity index (χ1) is 20.0. The second-order valence-electron chi connectivity index (χ2n) is 11.2. The number of nitrogens with one attached hydrogen (secondary N) is 1. The van der Waals surface area contributed by atoms with Crippen LogP contribution in [0.4, 0.5) is 5.69 Å². The third kappa shape index (κ3) is 8.35. The number of sulfonamides is 1. The number of benzene rings is 3. The monoisotopic (exact) mass is 609 g/mol. The van der Waals surface area contributed by atoms with E-state index in [1.165, 1.54) is 4.90 Å². The quantitative estimate of drug-likeness (QED) is 0.297. The minimum Gasteiger partial charge on any atom is -0.352 e. The highest BCUT2D eigenvalue weighted by Gasteiger charge is 2.34. The summed E-state index contributed by atoms with van der Waals surface area (Å²) in [6.07, 6.45) is 6.47. The molecule has 7 nitrogen and oxygen atoms in total. The van der Waals surface area contributed by atoms with Crippen LogP contribution in [0.3, 0.4) is 0 Å². The van der Waals surface area contributed by atoms with Gasteiger partial charge in [-0.05, 0) is 67.1 Å². The van der Waals surface area contributed by atoms with Crippen LogP contribution in [-0.4, -0.2) is 50.0 Å². The lowest BCUT2D eigenvalue weighted by Crippen LogP contribution is -2.55. The van der Waals surface area contributed by atoms with Crippen LogP contribution in [0.1, 0.15) is 54.4 Å². The Bertz CT molecular complexity index is 1470. The predicted molar refractivity (Wildman–Crippen MR) is 169 cm³/mol. The van der Waals surface area contributed by atoms with Gasteiger partial charge in [0.2, 0.25) is 21.8 Å². The van der Waals surface area contributed by atoms with Gasteiger partial charge in [0.05, 0.1) is 11.9 Å². The Morgan fingerprint density at radius 3 is 2.21 bits per heavy atom. The third-order valence-electron chi connectivity index (χ3n) is 8.01. The number of anilines is 1. The van der Waals surface area contributed by atoms with Crippen molar-refractivity contribution in [3.63, 3.8) is 0 Å². The van der Waals surface area contributed by atoms with Crippen molar-refractivity contribution in [3.8, 4) is 0 Å². The number of rotatable bonds is 11. The van der Waals surface area contributed by atoms with Gasteiger partial charge in [-0.15, -0.1) is 0 Å². The summed E-state index contributed by atoms with van der Waals surface area (Å²) >= 11 is 6.14. The van der Waals surface area contributed by atoms with Gasteiger partial charge >= 0.3 is 0 Å². The van der Waals surface area contributed by atoms with Gasteiger partial charge in [-0.3, -0.25) is 13.9 Å². The van der Waals surface area contributed by atoms with Gasteiger partial charge in [0.25, 0.3) is 0 Å². The Labute approximate surface area is 254 Å². The molecule has 1 atom stereocenters. The normalized spacial score (nSPS) is 14.7. The number of carbonyl (C=O) groups is 2. The number of hydrogen-bond acceptors (Lipinski definition) is 4. The molecule has 2 amide bonds. The summed E-state index contributed by atoms with van der Waals surface area (Å²) in [6.45, 7) is 3.43. The van der Waals surface area contributed by atoms with E-state index in [1.807, 2.05) is 62.4 Å². The number of amides is 2. The van der Waals surface area contributed by atoms with E-state index in [0.29, 0.717) is 17.1 Å². The summed E-state index contributed by atoms with van der Waals surface area (Å²) < 4.78 is 27.3. The van der Waals surface area contributed by atoms with Crippen molar-refractivity contribution < 1.29 is 18.0 Å². The van der Waals surface area contributed by atoms with E-state index in [2.05, 4.69) is 5.32 Å². The van der Waals surface area contributed by atoms with E-state index in [9.17, 15) is 18.0 Å². The molecule has 0 aromatic heterocycles. The van der Waals surface area contributed by atoms with E-state index < -0.39 is 28.5 Å². The molecule has 0 aliphatic heterocycles. The summed E-state index contributed by atoms with van der Waals surface area (Å²) in [5.41, 5.74) is 3.83. The number of carbonyl (C=O) groups excluding carboxylic acids is 2. The fraction of sp³-hybridized carbons (Fsp3) is 0.394. The van der Waals surface area contributed by atoms with Crippen molar-refractivity contribution in [1.82, 2.24) is 10.2 Å². The van der Waals surface area contributed by atoms with Crippen LogP contribution in [0.15, 0.2) is 72.8 Å². The maximum Gasteiger partial charge on any atom is 0.244 e. The molecule has 1 fully saturated rings. The van der Waals surface area contributed by atoms with Crippen molar-refractivity contribution >= 4 is 39.1 Å². The highest BCUT2D eigenvalue weighted by molar-refractivity contribution is 7.92. The zero-order chi connectivity index (χ0) is 30.3. The Balaban J connectivity index is 1.73. The molecule has 0 bridgehead atoms. The fourth-order valence-electron chi connectivity index (χ4n) is 5.49. The van der Waals surface area contributed by atoms with Crippen molar-refractivity contribution in [2.75, 3.05) is 17.1 Å². The van der Waals surface area contributed by atoms with Crippen LogP contribution < -0.4 is 9.62 Å². The van der Waals surface area contributed by atoms with E-state index in [4.69, 9.17) is 11.6 Å². The largest absolute Gasteiger partial charge is 0.352 e. The molecule has 42 heavy (non-hydrogen) atoms. The molecule has 9 heteroatoms. The molecule has 1 N–H and O–H groups in total. The minimum absolute atomic E-state index is 0.0551. The lowest BCUT2D eigenvalue weighted by Gasteiger charge is -2.35. The number of halogens is 1. The zero-order valence-corrected chi connectivity index (χ0v) is 26.1. The molecule has 1 aliphatic carbocycles. The highest BCUT2D eigenvalue weighted by atomic mass is 35.5. The highest BCUT2D eigenvalue weighted by Crippen LogP contribution is 2.26. The van der Waals surface area contributed by atoms with Gasteiger partial charge in [-0.1, -0.05) is 85.5 Å². The Morgan fingerprint density at radius 1 is 0.905 bits per heavy atom. The average Bonchev–Trinajstić information content (AvgIpc) is 2.96. The van der Waals surface area contributed by atoms with Gasteiger partial charge in [0.1, 0.15) is 12.6 Å². The van der Waals surface area contributed by atoms with Crippen LogP contribution in [0.25, 0.3) is 0 Å². The Kier molecular flexibility index (Phi) is 10.7. The van der Waals surface area contributed by atoms with Crippen LogP contribution in [0.2, 0.25) is 5.02 Å². The second kappa shape index (κ2) is 14.2. The molecule has 3 aromatic rings. The molecule has 3 aromatic carbocycles. The molecule has 224 valence electrons. The van der Waals surface area contributed by atoms with Crippen molar-refractivity contribution in [3.05, 3.63) is 100 Å². The number of hydrogen-bond donors (Lipinski definition) is 1. The molecule has 0 heterocycles. The van der Waals surface area contributed by atoms with Crippen molar-refractivity contribution in [2.24, 2.45) is 0 Å². The fourth-order valence-corrected chi connectivity index (χ4v) is 6.51. The van der Waals surface area contributed by atoms with Crippen molar-refractivity contribution in [2.45, 2.75) is 71.0 Å². The van der Waals surface area contributed by atoms with Gasteiger partial charge in [-0.25, -0.2) is 8.42 Å². The minimum atomic E-state index is -3.82. The molecule has 1 aliphatic rings. The summed E-state index contributed by atoms with van der Waals surface area (Å²) in [5.74, 6) is -0.693. The molecule has 0 unspecified atom stereocenters. The van der Waals surface area contributed by atoms with Gasteiger partial charge in [0.15, 0.2) is 0 Å². The summed E-state index contributed by atoms with van der Waals surface area (Å²) in [6, 6.07) is 21.3. The topological polar surface area (TPSA) is 86.8 Å². The maximum atomic E-state index is 14.3. The predicted octanol–water partition coefficient (Wildman–Crippen LogP) is 5.81. The lowest BCUT2D eigenvalue weighted by atomic mass is 9.94. The first kappa shape index (κ1) is 31.6. The van der Waals surface area contributed by atoms with Crippen LogP contribution in [0, 0.1) is 13.8 Å². The van der Waals surface area contributed by atoms with Crippen LogP contribution >= 0.6 is 11.6 Å². The SMILES string of the molecule is Cc1cccc(N(CC(=O)N(Cc2ccc(Cl)cc2)[C@H](Cc2ccccc2)C(=O)NC2CCCCC2)S(C)(=O)=O)c1C. The molecular weight excluding hydrogens is 570 g/mol. The molecule has 4 rings (SSSR count). The standard InChI is InChI=1S/C33H40ClN3O4S/c1-24-11-10-16-30(25(24)2)37(42(3,40)41)23-32(38)36(22-27-17-19-28(34)20-18-27)31(21-26-12-6-4-7-13-26)33(39)35-29-14-8-5-9-15-29/h4,6-7,10-13,16-20,29,31H,5,8-9,14-15,21-23H2,1-3H3,(H,35,39)/t31-/m1/s1. The Hall–Kier alpha value is -3.36. The number of nitrogens with zero attached hydrogens (tertiary/aromatic N) is 2. The first-order valence-electron chi connectivity index (χ1n) is 14.4. The molecule has 0 saturated heterocycles. The van der Waals surface area contributed by atoms with Gasteiger partial charge < -0.3 is 10.2 Å². The van der Waals surface area contributed by atoms with Gasteiger partial charge in [-0.2, -0.15) is 0 Å². The summed E-state index contributed by atoms with van der Waals surface area (Å²) in [4.78, 5) is 29.8. The molecule has 0 radical (unpaired) electrons. The molecule has 0 spiro atoms. The van der Waals surface area contributed by atoms with Gasteiger partial charge in [0, 0.05) is 24.0 Å². The third-order valence-corrected chi connectivity index (χ3v) is 9.39. The molecule has 1 saturated carbocycles.